The van der Waals surface area contributed by atoms with Crippen molar-refractivity contribution in [3.05, 3.63) is 33.8 Å². The second kappa shape index (κ2) is 5.20. The van der Waals surface area contributed by atoms with Gasteiger partial charge >= 0.3 is 0 Å². The molecule has 1 nitrogen and oxygen atoms in total. The van der Waals surface area contributed by atoms with E-state index in [1.165, 1.54) is 0 Å². The van der Waals surface area contributed by atoms with Crippen molar-refractivity contribution < 1.29 is 4.79 Å². The summed E-state index contributed by atoms with van der Waals surface area (Å²) in [6.07, 6.45) is 4.63. The number of hydrogen-bond donors (Lipinski definition) is 0. The number of rotatable bonds is 2. The molecule has 0 bridgehead atoms. The van der Waals surface area contributed by atoms with Gasteiger partial charge in [-0.15, -0.1) is 0 Å². The van der Waals surface area contributed by atoms with Crippen molar-refractivity contribution in [1.82, 2.24) is 0 Å². The molecule has 0 amide bonds. The topological polar surface area (TPSA) is 17.1 Å². The van der Waals surface area contributed by atoms with Gasteiger partial charge in [-0.25, -0.2) is 0 Å². The normalized spacial score (nSPS) is 21.1. The first kappa shape index (κ1) is 11.9. The third kappa shape index (κ3) is 2.78. The summed E-state index contributed by atoms with van der Waals surface area (Å²) >= 11 is 12.0. The van der Waals surface area contributed by atoms with Crippen molar-refractivity contribution in [3.63, 3.8) is 0 Å². The number of hydrogen-bond acceptors (Lipinski definition) is 1. The summed E-state index contributed by atoms with van der Waals surface area (Å²) in [4.78, 5) is 11.7. The van der Waals surface area contributed by atoms with E-state index in [2.05, 4.69) is 0 Å². The molecule has 0 spiro atoms. The predicted octanol–water partition coefficient (Wildman–Crippen LogP) is 4.30. The van der Waals surface area contributed by atoms with Crippen LogP contribution >= 0.6 is 23.2 Å². The summed E-state index contributed by atoms with van der Waals surface area (Å²) < 4.78 is 0. The van der Waals surface area contributed by atoms with E-state index in [1.807, 2.05) is 6.07 Å². The van der Waals surface area contributed by atoms with Crippen molar-refractivity contribution in [3.8, 4) is 0 Å². The van der Waals surface area contributed by atoms with E-state index in [9.17, 15) is 4.79 Å². The number of Topliss-reactive ketones (excluding diaryl/α,β-unsaturated/α-hetero) is 1. The van der Waals surface area contributed by atoms with E-state index in [0.29, 0.717) is 15.8 Å². The van der Waals surface area contributed by atoms with E-state index in [-0.39, 0.29) is 5.92 Å². The van der Waals surface area contributed by atoms with Crippen molar-refractivity contribution >= 4 is 29.0 Å². The van der Waals surface area contributed by atoms with Gasteiger partial charge in [-0.05, 0) is 43.0 Å². The van der Waals surface area contributed by atoms with Crippen LogP contribution in [0.1, 0.15) is 31.2 Å². The SMILES string of the molecule is O=C1CCCCC1Cc1cc(Cl)ccc1Cl. The number of carbonyl (C=O) groups is 1. The first-order chi connectivity index (χ1) is 7.66. The van der Waals surface area contributed by atoms with Crippen molar-refractivity contribution in [2.24, 2.45) is 5.92 Å². The summed E-state index contributed by atoms with van der Waals surface area (Å²) in [5.74, 6) is 0.520. The maximum absolute atomic E-state index is 11.7. The number of halogens is 2. The minimum absolute atomic E-state index is 0.143. The molecule has 0 aromatic heterocycles. The van der Waals surface area contributed by atoms with Crippen LogP contribution in [0.2, 0.25) is 10.0 Å². The summed E-state index contributed by atoms with van der Waals surface area (Å²) in [7, 11) is 0. The lowest BCUT2D eigenvalue weighted by Crippen LogP contribution is -2.21. The smallest absolute Gasteiger partial charge is 0.136 e. The molecular formula is C13H14Cl2O. The fraction of sp³-hybridized carbons (Fsp3) is 0.462. The maximum Gasteiger partial charge on any atom is 0.136 e. The Morgan fingerprint density at radius 3 is 2.81 bits per heavy atom. The van der Waals surface area contributed by atoms with Crippen LogP contribution in [-0.4, -0.2) is 5.78 Å². The molecule has 1 aliphatic carbocycles. The second-order valence-corrected chi connectivity index (χ2v) is 5.19. The van der Waals surface area contributed by atoms with Gasteiger partial charge in [0, 0.05) is 22.4 Å². The highest BCUT2D eigenvalue weighted by molar-refractivity contribution is 6.33. The largest absolute Gasteiger partial charge is 0.299 e. The zero-order valence-corrected chi connectivity index (χ0v) is 10.5. The highest BCUT2D eigenvalue weighted by atomic mass is 35.5. The van der Waals surface area contributed by atoms with Crippen molar-refractivity contribution in [2.45, 2.75) is 32.1 Å². The second-order valence-electron chi connectivity index (χ2n) is 4.35. The van der Waals surface area contributed by atoms with Crippen LogP contribution in [-0.2, 0) is 11.2 Å². The Morgan fingerprint density at radius 1 is 1.25 bits per heavy atom. The van der Waals surface area contributed by atoms with Gasteiger partial charge in [0.2, 0.25) is 0 Å². The van der Waals surface area contributed by atoms with Crippen LogP contribution in [0.3, 0.4) is 0 Å². The average molecular weight is 257 g/mol. The number of ketones is 1. The Labute approximate surface area is 106 Å². The van der Waals surface area contributed by atoms with Crippen LogP contribution in [0.4, 0.5) is 0 Å². The van der Waals surface area contributed by atoms with E-state index >= 15 is 0 Å². The van der Waals surface area contributed by atoms with Crippen LogP contribution in [0.5, 0.6) is 0 Å². The molecule has 1 unspecified atom stereocenters. The highest BCUT2D eigenvalue weighted by Gasteiger charge is 2.23. The summed E-state index contributed by atoms with van der Waals surface area (Å²) in [6.45, 7) is 0. The Morgan fingerprint density at radius 2 is 2.06 bits per heavy atom. The minimum atomic E-state index is 0.143. The molecule has 0 heterocycles. The Hall–Kier alpha value is -0.530. The van der Waals surface area contributed by atoms with Crippen molar-refractivity contribution in [2.75, 3.05) is 0 Å². The molecule has 86 valence electrons. The Balaban J connectivity index is 2.13. The van der Waals surface area contributed by atoms with Crippen LogP contribution in [0.25, 0.3) is 0 Å². The Bertz CT molecular complexity index is 401. The molecular weight excluding hydrogens is 243 g/mol. The molecule has 0 saturated heterocycles. The molecule has 1 aromatic rings. The molecule has 2 rings (SSSR count). The average Bonchev–Trinajstić information content (AvgIpc) is 2.27. The fourth-order valence-corrected chi connectivity index (χ4v) is 2.63. The molecule has 1 saturated carbocycles. The van der Waals surface area contributed by atoms with Gasteiger partial charge in [0.1, 0.15) is 5.78 Å². The molecule has 0 radical (unpaired) electrons. The molecule has 1 atom stereocenters. The predicted molar refractivity (Wildman–Crippen MR) is 67.1 cm³/mol. The van der Waals surface area contributed by atoms with E-state index in [1.54, 1.807) is 12.1 Å². The van der Waals surface area contributed by atoms with Crippen molar-refractivity contribution in [1.29, 1.82) is 0 Å². The molecule has 1 fully saturated rings. The third-order valence-corrected chi connectivity index (χ3v) is 3.76. The summed E-state index contributed by atoms with van der Waals surface area (Å²) in [5.41, 5.74) is 0.995. The molecule has 1 aromatic carbocycles. The van der Waals surface area contributed by atoms with E-state index < -0.39 is 0 Å². The molecule has 3 heteroatoms. The monoisotopic (exact) mass is 256 g/mol. The van der Waals surface area contributed by atoms with Gasteiger partial charge < -0.3 is 0 Å². The van der Waals surface area contributed by atoms with Crippen LogP contribution < -0.4 is 0 Å². The van der Waals surface area contributed by atoms with Gasteiger partial charge in [0.25, 0.3) is 0 Å². The van der Waals surface area contributed by atoms with Gasteiger partial charge in [0.15, 0.2) is 0 Å². The lowest BCUT2D eigenvalue weighted by Gasteiger charge is -2.20. The van der Waals surface area contributed by atoms with Crippen LogP contribution in [0.15, 0.2) is 18.2 Å². The first-order valence-corrected chi connectivity index (χ1v) is 6.39. The van der Waals surface area contributed by atoms with Gasteiger partial charge in [-0.2, -0.15) is 0 Å². The zero-order valence-electron chi connectivity index (χ0n) is 9.01. The van der Waals surface area contributed by atoms with E-state index in [0.717, 1.165) is 37.7 Å². The summed E-state index contributed by atoms with van der Waals surface area (Å²) in [5, 5.41) is 1.39. The van der Waals surface area contributed by atoms with Gasteiger partial charge in [-0.1, -0.05) is 29.6 Å². The third-order valence-electron chi connectivity index (χ3n) is 3.16. The Kier molecular flexibility index (Phi) is 3.88. The first-order valence-electron chi connectivity index (χ1n) is 5.63. The minimum Gasteiger partial charge on any atom is -0.299 e. The molecule has 16 heavy (non-hydrogen) atoms. The van der Waals surface area contributed by atoms with E-state index in [4.69, 9.17) is 23.2 Å². The number of benzene rings is 1. The molecule has 1 aliphatic rings. The molecule has 0 aliphatic heterocycles. The van der Waals surface area contributed by atoms with Gasteiger partial charge in [-0.3, -0.25) is 4.79 Å². The van der Waals surface area contributed by atoms with Gasteiger partial charge in [0.05, 0.1) is 0 Å². The highest BCUT2D eigenvalue weighted by Crippen LogP contribution is 2.28. The summed E-state index contributed by atoms with van der Waals surface area (Å²) in [6, 6.07) is 5.44. The maximum atomic E-state index is 11.7. The molecule has 0 N–H and O–H groups in total. The number of carbonyl (C=O) groups excluding carboxylic acids is 1. The zero-order chi connectivity index (χ0) is 11.5. The lowest BCUT2D eigenvalue weighted by molar-refractivity contribution is -0.124. The van der Waals surface area contributed by atoms with Crippen LogP contribution in [0, 0.1) is 5.92 Å². The quantitative estimate of drug-likeness (QED) is 0.772. The lowest BCUT2D eigenvalue weighted by atomic mass is 9.84. The standard InChI is InChI=1S/C13H14Cl2O/c14-11-5-6-12(15)10(8-11)7-9-3-1-2-4-13(9)16/h5-6,8-9H,1-4,7H2. The fourth-order valence-electron chi connectivity index (χ4n) is 2.24.